The Morgan fingerprint density at radius 2 is 1.85 bits per heavy atom. The van der Waals surface area contributed by atoms with Gasteiger partial charge in [0.2, 0.25) is 6.19 Å². The molecule has 1 amide bonds. The summed E-state index contributed by atoms with van der Waals surface area (Å²) in [6.07, 6.45) is 9.29. The molecule has 2 aliphatic heterocycles. The summed E-state index contributed by atoms with van der Waals surface area (Å²) >= 11 is 6.24. The summed E-state index contributed by atoms with van der Waals surface area (Å²) in [5.41, 5.74) is 5.28. The highest BCUT2D eigenvalue weighted by molar-refractivity contribution is 8.00. The van der Waals surface area contributed by atoms with Gasteiger partial charge in [0.1, 0.15) is 22.8 Å². The van der Waals surface area contributed by atoms with Gasteiger partial charge in [-0.3, -0.25) is 19.8 Å². The number of halogens is 1. The first-order valence-electron chi connectivity index (χ1n) is 21.6. The first kappa shape index (κ1) is 45.7. The van der Waals surface area contributed by atoms with Crippen molar-refractivity contribution in [3.63, 3.8) is 0 Å². The number of benzene rings is 3. The zero-order valence-electron chi connectivity index (χ0n) is 36.2. The normalized spacial score (nSPS) is 19.2. The second-order valence-electron chi connectivity index (χ2n) is 17.8. The molecule has 0 saturated carbocycles. The van der Waals surface area contributed by atoms with Crippen LogP contribution in [0.3, 0.4) is 0 Å². The number of fused-ring (bicyclic) bond motifs is 1. The number of nitro benzene ring substituents is 1. The van der Waals surface area contributed by atoms with Crippen LogP contribution < -0.4 is 19.7 Å². The zero-order valence-corrected chi connectivity index (χ0v) is 38.6. The summed E-state index contributed by atoms with van der Waals surface area (Å²) < 4.78 is 50.1. The number of nitrogens with zero attached hydrogens (tertiary/aromatic N) is 6. The maximum atomic E-state index is 14.0. The molecule has 19 heteroatoms. The molecular formula is C46H52ClN9O7S2. The van der Waals surface area contributed by atoms with Crippen molar-refractivity contribution in [2.75, 3.05) is 61.0 Å². The highest BCUT2D eigenvalue weighted by atomic mass is 35.5. The van der Waals surface area contributed by atoms with E-state index in [1.165, 1.54) is 41.1 Å². The molecule has 65 heavy (non-hydrogen) atoms. The van der Waals surface area contributed by atoms with Crippen molar-refractivity contribution >= 4 is 71.3 Å². The number of hydrogen-bond acceptors (Lipinski definition) is 12. The molecule has 4 N–H and O–H groups in total. The molecule has 1 aliphatic carbocycles. The number of nitrogens with one attached hydrogen (secondary N) is 3. The fourth-order valence-electron chi connectivity index (χ4n) is 8.87. The Kier molecular flexibility index (Phi) is 13.3. The molecule has 2 aromatic heterocycles. The van der Waals surface area contributed by atoms with Crippen LogP contribution in [-0.4, -0.2) is 89.4 Å². The molecule has 0 radical (unpaired) electrons. The lowest BCUT2D eigenvalue weighted by Crippen LogP contribution is -2.47. The molecule has 2 saturated heterocycles. The monoisotopic (exact) mass is 941 g/mol. The average molecular weight is 943 g/mol. The Morgan fingerprint density at radius 3 is 2.57 bits per heavy atom. The van der Waals surface area contributed by atoms with Crippen LogP contribution in [0.5, 0.6) is 11.5 Å². The Hall–Kier alpha value is -5.84. The number of carbonyl (C=O) groups is 1. The van der Waals surface area contributed by atoms with Gasteiger partial charge in [0.25, 0.3) is 21.6 Å². The largest absolute Gasteiger partial charge is 0.455 e. The molecule has 8 rings (SSSR count). The summed E-state index contributed by atoms with van der Waals surface area (Å²) in [4.78, 5) is 37.1. The number of hydrogen-bond donors (Lipinski definition) is 5. The highest BCUT2D eigenvalue weighted by Crippen LogP contribution is 2.43. The van der Waals surface area contributed by atoms with E-state index >= 15 is 0 Å². The number of pyridine rings is 1. The van der Waals surface area contributed by atoms with Crippen LogP contribution >= 0.6 is 11.6 Å². The summed E-state index contributed by atoms with van der Waals surface area (Å²) in [5, 5.41) is 25.6. The van der Waals surface area contributed by atoms with E-state index < -0.39 is 41.5 Å². The summed E-state index contributed by atoms with van der Waals surface area (Å²) in [6.45, 7) is 8.88. The maximum absolute atomic E-state index is 14.0. The van der Waals surface area contributed by atoms with Crippen LogP contribution in [-0.2, 0) is 20.1 Å². The van der Waals surface area contributed by atoms with Crippen LogP contribution in [0.25, 0.3) is 16.6 Å². The van der Waals surface area contributed by atoms with Crippen molar-refractivity contribution < 1.29 is 27.4 Å². The topological polar surface area (TPSA) is 219 Å². The third-order valence-corrected chi connectivity index (χ3v) is 16.6. The van der Waals surface area contributed by atoms with Gasteiger partial charge in [-0.15, -0.1) is 4.36 Å². The number of nitro groups is 1. The molecule has 0 spiro atoms. The van der Waals surface area contributed by atoms with Gasteiger partial charge in [-0.05, 0) is 103 Å². The fourth-order valence-corrected chi connectivity index (χ4v) is 12.1. The van der Waals surface area contributed by atoms with Crippen molar-refractivity contribution in [1.29, 1.82) is 5.26 Å². The van der Waals surface area contributed by atoms with Gasteiger partial charge in [0, 0.05) is 85.2 Å². The van der Waals surface area contributed by atoms with Crippen LogP contribution in [0.1, 0.15) is 61.9 Å². The van der Waals surface area contributed by atoms with Crippen molar-refractivity contribution in [1.82, 2.24) is 19.6 Å². The summed E-state index contributed by atoms with van der Waals surface area (Å²) in [5.74, 6) is 0.294. The van der Waals surface area contributed by atoms with Crippen molar-refractivity contribution in [3.05, 3.63) is 117 Å². The van der Waals surface area contributed by atoms with Gasteiger partial charge in [-0.25, -0.2) is 18.1 Å². The number of thiol groups is 1. The van der Waals surface area contributed by atoms with E-state index in [1.807, 2.05) is 18.2 Å². The van der Waals surface area contributed by atoms with Crippen LogP contribution in [0.4, 0.5) is 17.1 Å². The number of anilines is 2. The number of aromatic nitrogens is 2. The molecule has 5 aromatic rings. The molecule has 342 valence electrons. The summed E-state index contributed by atoms with van der Waals surface area (Å²) in [7, 11) is -7.25. The number of piperazine rings is 1. The van der Waals surface area contributed by atoms with E-state index in [4.69, 9.17) is 21.6 Å². The number of nitriles is 1. The van der Waals surface area contributed by atoms with Gasteiger partial charge in [-0.1, -0.05) is 53.3 Å². The maximum Gasteiger partial charge on any atom is 0.293 e. The molecule has 16 nitrogen and oxygen atoms in total. The summed E-state index contributed by atoms with van der Waals surface area (Å²) in [6, 6.07) is 20.2. The number of amides is 1. The fraction of sp³-hybridized carbons (Fsp3) is 0.370. The number of aromatic amines is 1. The number of ether oxygens (including phenoxy) is 1. The van der Waals surface area contributed by atoms with E-state index in [-0.39, 0.29) is 28.3 Å². The SMILES string of the molecule is CC1(C)CCC(CN2CCN(c3ccc(C(=O)NS(=O)(=O)c4ccc(NCC5CC[SH](O)(=NC#N)CC5)c([N+](=O)[O-])c4)c(Oc4cnc5[nH]ccc5c4)c3)CC2)=C(c2ccc(Cl)cc2)C1. The van der Waals surface area contributed by atoms with E-state index in [9.17, 15) is 27.9 Å². The molecule has 0 bridgehead atoms. The second-order valence-corrected chi connectivity index (χ2v) is 22.8. The number of carbonyl (C=O) groups excluding carboxylic acids is 1. The van der Waals surface area contributed by atoms with Gasteiger partial charge < -0.3 is 24.5 Å². The molecule has 3 aliphatic rings. The van der Waals surface area contributed by atoms with E-state index in [1.54, 1.807) is 30.6 Å². The van der Waals surface area contributed by atoms with Crippen molar-refractivity contribution in [2.45, 2.75) is 50.8 Å². The molecule has 4 heterocycles. The van der Waals surface area contributed by atoms with E-state index in [0.717, 1.165) is 61.1 Å². The minimum Gasteiger partial charge on any atom is -0.455 e. The number of sulfonamides is 1. The van der Waals surface area contributed by atoms with Gasteiger partial charge in [-0.2, -0.15) is 5.26 Å². The Bertz CT molecular complexity index is 2860. The first-order chi connectivity index (χ1) is 31.1. The van der Waals surface area contributed by atoms with Crippen molar-refractivity contribution in [2.24, 2.45) is 15.7 Å². The standard InChI is InChI=1S/C46H52ClN9O7S2/c1-46(2)15-11-34(40(26-46)32-3-5-35(47)6-4-32)29-54-17-19-55(20-18-54)36-7-9-39(43(24-36)63-37-23-33-12-16-49-44(33)51-28-37)45(57)53-65(61,62)38-8-10-41(42(25-38)56(58)59)50-27-31-13-21-64(60,22-14-31)52-30-48/h3-10,12,16,23-25,28,31,50,64H,11,13-15,17-22,26-27,29H2,1-2H3,(H,49,51)(H,52,60)(H,53,57). The minimum atomic E-state index is -4.61. The van der Waals surface area contributed by atoms with Gasteiger partial charge in [0.15, 0.2) is 0 Å². The Labute approximate surface area is 384 Å². The number of allylic oxidation sites excluding steroid dienone is 1. The molecule has 0 atom stereocenters. The zero-order chi connectivity index (χ0) is 45.9. The molecule has 2 fully saturated rings. The lowest BCUT2D eigenvalue weighted by molar-refractivity contribution is -0.384. The number of rotatable bonds is 13. The molecule has 3 aromatic carbocycles. The average Bonchev–Trinajstić information content (AvgIpc) is 3.75. The third kappa shape index (κ3) is 10.8. The smallest absolute Gasteiger partial charge is 0.293 e. The van der Waals surface area contributed by atoms with E-state index in [0.29, 0.717) is 55.4 Å². The van der Waals surface area contributed by atoms with Crippen LogP contribution in [0.15, 0.2) is 100 Å². The lowest BCUT2D eigenvalue weighted by atomic mass is 9.72. The van der Waals surface area contributed by atoms with Gasteiger partial charge >= 0.3 is 0 Å². The van der Waals surface area contributed by atoms with Crippen LogP contribution in [0, 0.1) is 32.9 Å². The Morgan fingerprint density at radius 1 is 1.09 bits per heavy atom. The minimum absolute atomic E-state index is 0.0616. The van der Waals surface area contributed by atoms with Crippen LogP contribution in [0.2, 0.25) is 5.02 Å². The lowest BCUT2D eigenvalue weighted by Gasteiger charge is -2.39. The first-order valence-corrected chi connectivity index (χ1v) is 25.5. The molecular weight excluding hydrogens is 890 g/mol. The molecule has 0 unspecified atom stereocenters. The highest BCUT2D eigenvalue weighted by Gasteiger charge is 2.31. The predicted molar refractivity (Wildman–Crippen MR) is 255 cm³/mol. The van der Waals surface area contributed by atoms with Gasteiger partial charge in [0.05, 0.1) is 21.6 Å². The van der Waals surface area contributed by atoms with E-state index in [2.05, 4.69) is 60.1 Å². The second kappa shape index (κ2) is 18.9. The number of H-pyrrole nitrogens is 1. The van der Waals surface area contributed by atoms with Crippen molar-refractivity contribution in [3.8, 4) is 17.7 Å². The quantitative estimate of drug-likeness (QED) is 0.0324. The third-order valence-electron chi connectivity index (χ3n) is 12.6. The predicted octanol–water partition coefficient (Wildman–Crippen LogP) is 8.67. The Balaban J connectivity index is 0.986.